The van der Waals surface area contributed by atoms with Gasteiger partial charge in [-0.1, -0.05) is 25.1 Å². The molecule has 2 aromatic heterocycles. The van der Waals surface area contributed by atoms with Crippen LogP contribution in [0.15, 0.2) is 72.4 Å². The minimum atomic E-state index is -2.72. The Hall–Kier alpha value is -3.61. The Labute approximate surface area is 208 Å². The summed E-state index contributed by atoms with van der Waals surface area (Å²) in [5.74, 6) is 0.786. The van der Waals surface area contributed by atoms with E-state index in [1.54, 1.807) is 0 Å². The summed E-state index contributed by atoms with van der Waals surface area (Å²) in [6, 6.07) is 8.71. The number of nitrogens with zero attached hydrogens (tertiary/aromatic N) is 3. The lowest BCUT2D eigenvalue weighted by Gasteiger charge is -2.21. The highest BCUT2D eigenvalue weighted by atomic mass is 19.3. The fraction of sp³-hybridized carbons (Fsp3) is 0.310. The molecule has 0 saturated carbocycles. The van der Waals surface area contributed by atoms with Crippen LogP contribution in [0.5, 0.6) is 0 Å². The molecule has 1 aliphatic carbocycles. The highest BCUT2D eigenvalue weighted by molar-refractivity contribution is 5.83. The number of fused-ring (bicyclic) bond motifs is 1. The molecule has 1 unspecified atom stereocenters. The second-order valence-electron chi connectivity index (χ2n) is 9.47. The number of ether oxygens (including phenoxy) is 1. The molecule has 0 radical (unpaired) electrons. The van der Waals surface area contributed by atoms with Crippen LogP contribution < -0.4 is 0 Å². The van der Waals surface area contributed by atoms with Crippen molar-refractivity contribution in [2.75, 3.05) is 6.61 Å². The summed E-state index contributed by atoms with van der Waals surface area (Å²) in [5.41, 5.74) is 7.40. The van der Waals surface area contributed by atoms with Gasteiger partial charge in [0.05, 0.1) is 11.9 Å². The molecule has 0 N–H and O–H groups in total. The molecule has 0 spiro atoms. The Bertz CT molecular complexity index is 1370. The van der Waals surface area contributed by atoms with E-state index in [9.17, 15) is 13.2 Å². The molecule has 3 aromatic rings. The number of benzene rings is 1. The number of halogens is 3. The predicted octanol–water partition coefficient (Wildman–Crippen LogP) is 7.32. The molecule has 0 bridgehead atoms. The fourth-order valence-electron chi connectivity index (χ4n) is 5.18. The molecule has 5 rings (SSSR count). The second-order valence-corrected chi connectivity index (χ2v) is 9.47. The van der Waals surface area contributed by atoms with Crippen LogP contribution >= 0.6 is 0 Å². The van der Waals surface area contributed by atoms with Gasteiger partial charge in [-0.05, 0) is 79.5 Å². The zero-order valence-electron chi connectivity index (χ0n) is 20.5. The SMILES string of the molecule is CC1=CCOC(C)=C1c1cnc2c(c1)CCC([C@H](C)c1ccc(F)cc1)C=C2c1cnn(C(F)F)c1. The molecule has 0 fully saturated rings. The van der Waals surface area contributed by atoms with Gasteiger partial charge in [0.1, 0.15) is 18.2 Å². The number of alkyl halides is 2. The monoisotopic (exact) mass is 491 g/mol. The summed E-state index contributed by atoms with van der Waals surface area (Å²) in [6.07, 6.45) is 10.5. The first-order valence-electron chi connectivity index (χ1n) is 12.1. The Morgan fingerprint density at radius 3 is 2.56 bits per heavy atom. The number of allylic oxidation sites excluding steroid dienone is 4. The third-order valence-corrected chi connectivity index (χ3v) is 7.22. The Morgan fingerprint density at radius 1 is 1.08 bits per heavy atom. The smallest absolute Gasteiger partial charge is 0.333 e. The minimum absolute atomic E-state index is 0.0959. The average molecular weight is 492 g/mol. The van der Waals surface area contributed by atoms with Crippen molar-refractivity contribution in [3.8, 4) is 0 Å². The topological polar surface area (TPSA) is 39.9 Å². The van der Waals surface area contributed by atoms with Crippen molar-refractivity contribution in [3.63, 3.8) is 0 Å². The summed E-state index contributed by atoms with van der Waals surface area (Å²) in [7, 11) is 0. The van der Waals surface area contributed by atoms with Gasteiger partial charge in [-0.2, -0.15) is 13.9 Å². The largest absolute Gasteiger partial charge is 0.494 e. The van der Waals surface area contributed by atoms with Crippen LogP contribution in [0.3, 0.4) is 0 Å². The molecular formula is C29H28F3N3O. The third kappa shape index (κ3) is 4.62. The number of rotatable bonds is 5. The number of aromatic nitrogens is 3. The van der Waals surface area contributed by atoms with Gasteiger partial charge in [0.15, 0.2) is 0 Å². The van der Waals surface area contributed by atoms with Crippen molar-refractivity contribution < 1.29 is 17.9 Å². The number of aryl methyl sites for hydroxylation is 1. The highest BCUT2D eigenvalue weighted by Crippen LogP contribution is 2.39. The van der Waals surface area contributed by atoms with Crippen LogP contribution in [0.25, 0.3) is 11.1 Å². The maximum Gasteiger partial charge on any atom is 0.333 e. The van der Waals surface area contributed by atoms with E-state index in [1.807, 2.05) is 25.3 Å². The lowest BCUT2D eigenvalue weighted by atomic mass is 9.83. The summed E-state index contributed by atoms with van der Waals surface area (Å²) >= 11 is 0. The van der Waals surface area contributed by atoms with Crippen LogP contribution in [0.2, 0.25) is 0 Å². The number of hydrogen-bond acceptors (Lipinski definition) is 3. The molecular weight excluding hydrogens is 463 g/mol. The van der Waals surface area contributed by atoms with Crippen LogP contribution in [0, 0.1) is 11.7 Å². The second kappa shape index (κ2) is 9.80. The summed E-state index contributed by atoms with van der Waals surface area (Å²) < 4.78 is 46.6. The number of hydrogen-bond donors (Lipinski definition) is 0. The molecule has 0 saturated heterocycles. The summed E-state index contributed by atoms with van der Waals surface area (Å²) in [6.45, 7) is 3.98. The molecule has 1 aromatic carbocycles. The normalized spacial score (nSPS) is 18.8. The van der Waals surface area contributed by atoms with Crippen molar-refractivity contribution in [3.05, 3.63) is 106 Å². The minimum Gasteiger partial charge on any atom is -0.494 e. The lowest BCUT2D eigenvalue weighted by Crippen LogP contribution is -2.08. The van der Waals surface area contributed by atoms with E-state index in [-0.39, 0.29) is 17.7 Å². The zero-order chi connectivity index (χ0) is 25.4. The van der Waals surface area contributed by atoms with Gasteiger partial charge in [-0.25, -0.2) is 9.07 Å². The molecule has 186 valence electrons. The van der Waals surface area contributed by atoms with Gasteiger partial charge in [0.2, 0.25) is 0 Å². The number of pyridine rings is 1. The van der Waals surface area contributed by atoms with E-state index in [1.165, 1.54) is 24.5 Å². The van der Waals surface area contributed by atoms with E-state index in [0.717, 1.165) is 57.7 Å². The summed E-state index contributed by atoms with van der Waals surface area (Å²) in [4.78, 5) is 4.85. The first-order valence-corrected chi connectivity index (χ1v) is 12.1. The van der Waals surface area contributed by atoms with Gasteiger partial charge in [0.25, 0.3) is 0 Å². The molecule has 0 amide bonds. The van der Waals surface area contributed by atoms with Crippen molar-refractivity contribution in [2.24, 2.45) is 5.92 Å². The van der Waals surface area contributed by atoms with E-state index in [2.05, 4.69) is 37.2 Å². The molecule has 7 heteroatoms. The van der Waals surface area contributed by atoms with Crippen LogP contribution in [0.1, 0.15) is 67.6 Å². The Balaban J connectivity index is 1.59. The molecule has 36 heavy (non-hydrogen) atoms. The average Bonchev–Trinajstić information content (AvgIpc) is 3.27. The van der Waals surface area contributed by atoms with Gasteiger partial charge in [0, 0.05) is 34.7 Å². The Morgan fingerprint density at radius 2 is 1.86 bits per heavy atom. The predicted molar refractivity (Wildman–Crippen MR) is 134 cm³/mol. The summed E-state index contributed by atoms with van der Waals surface area (Å²) in [5, 5.41) is 3.87. The molecule has 2 atom stereocenters. The van der Waals surface area contributed by atoms with Gasteiger partial charge in [-0.3, -0.25) is 4.98 Å². The van der Waals surface area contributed by atoms with Gasteiger partial charge < -0.3 is 4.74 Å². The van der Waals surface area contributed by atoms with E-state index < -0.39 is 6.55 Å². The maximum absolute atomic E-state index is 13.5. The Kier molecular flexibility index (Phi) is 6.56. The van der Waals surface area contributed by atoms with E-state index in [0.29, 0.717) is 16.9 Å². The first kappa shape index (κ1) is 24.1. The van der Waals surface area contributed by atoms with Crippen molar-refractivity contribution in [1.82, 2.24) is 14.8 Å². The van der Waals surface area contributed by atoms with Gasteiger partial charge >= 0.3 is 6.55 Å². The molecule has 3 heterocycles. The third-order valence-electron chi connectivity index (χ3n) is 7.22. The highest BCUT2D eigenvalue weighted by Gasteiger charge is 2.26. The van der Waals surface area contributed by atoms with Gasteiger partial charge in [-0.15, -0.1) is 0 Å². The van der Waals surface area contributed by atoms with Crippen molar-refractivity contribution in [2.45, 2.75) is 46.1 Å². The van der Waals surface area contributed by atoms with Crippen LogP contribution in [-0.4, -0.2) is 21.4 Å². The lowest BCUT2D eigenvalue weighted by molar-refractivity contribution is 0.0566. The van der Waals surface area contributed by atoms with Crippen LogP contribution in [0.4, 0.5) is 13.2 Å². The van der Waals surface area contributed by atoms with Crippen LogP contribution in [-0.2, 0) is 11.2 Å². The zero-order valence-corrected chi connectivity index (χ0v) is 20.5. The molecule has 1 aliphatic heterocycles. The van der Waals surface area contributed by atoms with Crippen molar-refractivity contribution >= 4 is 11.1 Å². The first-order chi connectivity index (χ1) is 17.3. The van der Waals surface area contributed by atoms with E-state index >= 15 is 0 Å². The maximum atomic E-state index is 13.5. The molecule has 2 aliphatic rings. The fourth-order valence-corrected chi connectivity index (χ4v) is 5.18. The van der Waals surface area contributed by atoms with Crippen molar-refractivity contribution in [1.29, 1.82) is 0 Å². The molecule has 4 nitrogen and oxygen atoms in total. The van der Waals surface area contributed by atoms with E-state index in [4.69, 9.17) is 9.72 Å². The standard InChI is InChI=1S/C29H28F3N3O/c1-17-10-11-36-19(3)27(17)23-12-22-5-4-21(18(2)20-6-8-25(30)9-7-20)13-26(28(22)33-14-23)24-15-34-35(16-24)29(31)32/h6-10,12-16,18,21,29H,4-5,11H2,1-3H3/t18-,21?/m1/s1. The quantitative estimate of drug-likeness (QED) is 0.375.